The lowest BCUT2D eigenvalue weighted by Gasteiger charge is -2.36. The standard InChI is InChI=1S/C30H42N2O4S.C20H23ClN2O2S.C10H20O2.CH3F.2CH4/c1-4-5-6-7-8-9-10-15-29(33)35-23-36-30(34)32-20-18-31(19-21-32)26-13-11-12-14-28(26)37-27-17-16-24(2)22-25(27)3;1-15-7-8-18(16(2)13-15)26-19-6-4-3-5-17(19)22-9-11-23(12-10-22)20(24)25-14-21;1-2-3-4-5-6-7-8-9-10(11)12;1-2;;/h11-14,16-17,22H,4-10,15,18-21,23H2,1-3H3;3-8,13H,9-12,14H2,1-2H3;2-9H2,1H3,(H,11,12);1H3;2*1H4/i;;;1D;;. The van der Waals surface area contributed by atoms with Gasteiger partial charge >= 0.3 is 24.1 Å². The Morgan fingerprint density at radius 1 is 0.544 bits per heavy atom. The van der Waals surface area contributed by atoms with Crippen LogP contribution in [0.4, 0.5) is 25.4 Å². The molecule has 0 aliphatic carbocycles. The van der Waals surface area contributed by atoms with Crippen LogP contribution in [-0.4, -0.2) is 111 Å². The van der Waals surface area contributed by atoms with Crippen molar-refractivity contribution < 1.29 is 44.3 Å². The molecule has 16 heteroatoms. The third kappa shape index (κ3) is 28.2. The van der Waals surface area contributed by atoms with Gasteiger partial charge in [-0.25, -0.2) is 9.59 Å². The molecular formula is C63H96ClFN4O8S2. The van der Waals surface area contributed by atoms with E-state index in [2.05, 4.69) is 136 Å². The summed E-state index contributed by atoms with van der Waals surface area (Å²) in [6.07, 6.45) is 16.3. The first kappa shape index (κ1) is 70.0. The Morgan fingerprint density at radius 3 is 1.32 bits per heavy atom. The van der Waals surface area contributed by atoms with Crippen LogP contribution >= 0.6 is 35.1 Å². The maximum Gasteiger partial charge on any atom is 0.412 e. The number of carboxylic acid groups (broad SMARTS) is 1. The first-order valence-electron chi connectivity index (χ1n) is 28.3. The molecule has 0 spiro atoms. The molecule has 0 aromatic heterocycles. The number of halogens is 2. The molecule has 0 bridgehead atoms. The summed E-state index contributed by atoms with van der Waals surface area (Å²) in [5.41, 5.74) is 7.50. The van der Waals surface area contributed by atoms with E-state index < -0.39 is 19.2 Å². The molecule has 79 heavy (non-hydrogen) atoms. The summed E-state index contributed by atoms with van der Waals surface area (Å²) in [6.45, 7) is 18.0. The van der Waals surface area contributed by atoms with E-state index in [1.807, 2.05) is 0 Å². The zero-order valence-corrected chi connectivity index (χ0v) is 49.2. The Hall–Kier alpha value is -5.12. The van der Waals surface area contributed by atoms with E-state index in [9.17, 15) is 23.6 Å². The molecule has 12 nitrogen and oxygen atoms in total. The number of rotatable bonds is 25. The summed E-state index contributed by atoms with van der Waals surface area (Å²) >= 11 is 9.05. The molecule has 0 atom stereocenters. The van der Waals surface area contributed by atoms with Crippen LogP contribution in [0, 0.1) is 27.7 Å². The third-order valence-electron chi connectivity index (χ3n) is 13.1. The Labute approximate surface area is 490 Å². The molecule has 2 saturated heterocycles. The number of aryl methyl sites for hydroxylation is 4. The van der Waals surface area contributed by atoms with E-state index in [0.717, 1.165) is 58.3 Å². The second-order valence-electron chi connectivity index (χ2n) is 19.3. The van der Waals surface area contributed by atoms with Crippen LogP contribution in [0.25, 0.3) is 0 Å². The molecule has 2 amide bonds. The van der Waals surface area contributed by atoms with Crippen molar-refractivity contribution >= 4 is 70.6 Å². The van der Waals surface area contributed by atoms with Crippen molar-refractivity contribution in [2.75, 3.05) is 82.2 Å². The molecule has 2 aliphatic heterocycles. The van der Waals surface area contributed by atoms with Gasteiger partial charge in [0, 0.05) is 84.8 Å². The number of carbonyl (C=O) groups is 4. The molecule has 0 saturated carbocycles. The van der Waals surface area contributed by atoms with Crippen LogP contribution < -0.4 is 9.80 Å². The van der Waals surface area contributed by atoms with Crippen LogP contribution in [0.3, 0.4) is 0 Å². The van der Waals surface area contributed by atoms with Gasteiger partial charge in [0.25, 0.3) is 0 Å². The fraction of sp³-hybridized carbons (Fsp3) is 0.556. The maximum atomic E-state index is 12.5. The summed E-state index contributed by atoms with van der Waals surface area (Å²) in [7, 11) is -1.00. The number of esters is 1. The highest BCUT2D eigenvalue weighted by Gasteiger charge is 2.26. The highest BCUT2D eigenvalue weighted by atomic mass is 35.5. The van der Waals surface area contributed by atoms with Crippen molar-refractivity contribution in [1.29, 1.82) is 0 Å². The van der Waals surface area contributed by atoms with Crippen molar-refractivity contribution in [3.8, 4) is 0 Å². The second-order valence-corrected chi connectivity index (χ2v) is 21.7. The first-order chi connectivity index (χ1) is 37.7. The topological polar surface area (TPSA) is 129 Å². The van der Waals surface area contributed by atoms with Gasteiger partial charge in [-0.1, -0.05) is 201 Å². The number of carboxylic acids is 1. The molecular weight excluding hydrogens is 1060 g/mol. The molecule has 2 heterocycles. The van der Waals surface area contributed by atoms with Gasteiger partial charge in [-0.3, -0.25) is 14.0 Å². The van der Waals surface area contributed by atoms with E-state index in [1.165, 1.54) is 111 Å². The first-order valence-corrected chi connectivity index (χ1v) is 29.7. The van der Waals surface area contributed by atoms with E-state index in [-0.39, 0.29) is 39.8 Å². The summed E-state index contributed by atoms with van der Waals surface area (Å²) < 4.78 is 30.7. The fourth-order valence-corrected chi connectivity index (χ4v) is 11.0. The van der Waals surface area contributed by atoms with Gasteiger partial charge < -0.3 is 38.9 Å². The zero-order valence-electron chi connectivity index (χ0n) is 47.8. The zero-order chi connectivity index (χ0) is 56.9. The lowest BCUT2D eigenvalue weighted by atomic mass is 10.1. The number of unbranched alkanes of at least 4 members (excludes halogenated alkanes) is 12. The van der Waals surface area contributed by atoms with Crippen molar-refractivity contribution in [3.63, 3.8) is 0 Å². The largest absolute Gasteiger partial charge is 0.481 e. The number of hydrogen-bond acceptors (Lipinski definition) is 11. The average molecular weight is 1160 g/mol. The van der Waals surface area contributed by atoms with Crippen LogP contribution in [0.5, 0.6) is 0 Å². The second kappa shape index (κ2) is 42.7. The number of carbonyl (C=O) groups excluding carboxylic acids is 3. The maximum absolute atomic E-state index is 12.5. The Bertz CT molecular complexity index is 2360. The number of anilines is 2. The summed E-state index contributed by atoms with van der Waals surface area (Å²) in [5, 5.41) is 8.35. The minimum absolute atomic E-state index is 0. The normalized spacial score (nSPS) is 12.8. The summed E-state index contributed by atoms with van der Waals surface area (Å²) in [4.78, 5) is 59.3. The Morgan fingerprint density at radius 2 is 0.924 bits per heavy atom. The number of para-hydroxylation sites is 2. The van der Waals surface area contributed by atoms with Crippen molar-refractivity contribution in [2.24, 2.45) is 0 Å². The minimum Gasteiger partial charge on any atom is -0.481 e. The monoisotopic (exact) mass is 1160 g/mol. The van der Waals surface area contributed by atoms with E-state index in [1.54, 1.807) is 33.3 Å². The number of benzene rings is 4. The molecule has 2 fully saturated rings. The molecule has 0 unspecified atom stereocenters. The third-order valence-corrected chi connectivity index (χ3v) is 15.7. The van der Waals surface area contributed by atoms with Gasteiger partial charge in [-0.05, 0) is 88.1 Å². The Kier molecular flexibility index (Phi) is 37.8. The smallest absolute Gasteiger partial charge is 0.412 e. The van der Waals surface area contributed by atoms with Gasteiger partial charge in [-0.2, -0.15) is 0 Å². The molecule has 0 radical (unpaired) electrons. The van der Waals surface area contributed by atoms with Crippen molar-refractivity contribution in [1.82, 2.24) is 9.80 Å². The number of aliphatic carboxylic acids is 1. The average Bonchev–Trinajstić information content (AvgIpc) is 3.43. The van der Waals surface area contributed by atoms with E-state index >= 15 is 0 Å². The number of nitrogens with zero attached hydrogens (tertiary/aromatic N) is 4. The van der Waals surface area contributed by atoms with Gasteiger partial charge in [0.15, 0.2) is 6.07 Å². The predicted molar refractivity (Wildman–Crippen MR) is 329 cm³/mol. The van der Waals surface area contributed by atoms with Gasteiger partial charge in [-0.15, -0.1) is 0 Å². The molecule has 6 rings (SSSR count). The molecule has 2 aliphatic rings. The fourth-order valence-electron chi connectivity index (χ4n) is 8.84. The molecule has 4 aromatic carbocycles. The number of ether oxygens (including phenoxy) is 3. The minimum atomic E-state index is -1.00. The Balaban J connectivity index is 0.000000645. The predicted octanol–water partition coefficient (Wildman–Crippen LogP) is 17.3. The molecule has 442 valence electrons. The van der Waals surface area contributed by atoms with Gasteiger partial charge in [0.2, 0.25) is 6.79 Å². The summed E-state index contributed by atoms with van der Waals surface area (Å²) in [5.74, 6) is -0.965. The summed E-state index contributed by atoms with van der Waals surface area (Å²) in [6, 6.07) is 29.9. The lowest BCUT2D eigenvalue weighted by Crippen LogP contribution is -2.49. The van der Waals surface area contributed by atoms with Gasteiger partial charge in [0.05, 0.1) is 19.9 Å². The van der Waals surface area contributed by atoms with E-state index in [0.29, 0.717) is 39.0 Å². The molecule has 1 N–H and O–H groups in total. The number of piperazine rings is 2. The van der Waals surface area contributed by atoms with Crippen LogP contribution in [0.15, 0.2) is 105 Å². The van der Waals surface area contributed by atoms with Crippen LogP contribution in [0.2, 0.25) is 0 Å². The quantitative estimate of drug-likeness (QED) is 0.0293. The number of amides is 2. The van der Waals surface area contributed by atoms with Gasteiger partial charge in [0.1, 0.15) is 0 Å². The van der Waals surface area contributed by atoms with E-state index in [4.69, 9.17) is 32.3 Å². The van der Waals surface area contributed by atoms with Crippen LogP contribution in [0.1, 0.15) is 155 Å². The lowest BCUT2D eigenvalue weighted by molar-refractivity contribution is -0.152. The van der Waals surface area contributed by atoms with Crippen LogP contribution in [-0.2, 0) is 23.8 Å². The molecule has 4 aromatic rings. The highest BCUT2D eigenvalue weighted by Crippen LogP contribution is 2.39. The number of alkyl halides is 2. The van der Waals surface area contributed by atoms with Crippen molar-refractivity contribution in [2.45, 2.75) is 179 Å². The van der Waals surface area contributed by atoms with Crippen molar-refractivity contribution in [3.05, 3.63) is 107 Å². The highest BCUT2D eigenvalue weighted by molar-refractivity contribution is 7.99. The SMILES string of the molecule is C.C.CCCCCCCCCC(=O)O.CCCCCCCCCC(=O)OCOC(=O)N1CCN(c2ccccc2Sc2ccc(C)cc2C)CC1.Cc1ccc(Sc2ccccc2N2CCN(C(=O)OCCl)CC2)c(C)c1.[2H]CF. The number of hydrogen-bond donors (Lipinski definition) is 1.